The topological polar surface area (TPSA) is 62.7 Å². The molecular formula is C9H7N3OS. The van der Waals surface area contributed by atoms with E-state index >= 15 is 0 Å². The van der Waals surface area contributed by atoms with Crippen LogP contribution in [-0.2, 0) is 0 Å². The molecule has 0 bridgehead atoms. The summed E-state index contributed by atoms with van der Waals surface area (Å²) in [4.78, 5) is 8.25. The minimum absolute atomic E-state index is 0.325. The third-order valence-electron chi connectivity index (χ3n) is 1.74. The van der Waals surface area contributed by atoms with Crippen LogP contribution in [-0.4, -0.2) is 9.97 Å². The Labute approximate surface area is 84.8 Å². The van der Waals surface area contributed by atoms with E-state index in [1.54, 1.807) is 6.92 Å². The molecule has 0 aliphatic rings. The minimum Gasteiger partial charge on any atom is -0.439 e. The van der Waals surface area contributed by atoms with Gasteiger partial charge in [-0.05, 0) is 13.8 Å². The second-order valence-electron chi connectivity index (χ2n) is 2.79. The molecule has 70 valence electrons. The van der Waals surface area contributed by atoms with Gasteiger partial charge in [0.05, 0.1) is 5.01 Å². The molecule has 0 aliphatic carbocycles. The van der Waals surface area contributed by atoms with E-state index in [1.807, 2.05) is 18.4 Å². The van der Waals surface area contributed by atoms with Crippen molar-refractivity contribution < 1.29 is 4.42 Å². The Morgan fingerprint density at radius 2 is 2.21 bits per heavy atom. The Morgan fingerprint density at radius 1 is 1.43 bits per heavy atom. The number of aromatic nitrogens is 2. The Kier molecular flexibility index (Phi) is 2.06. The summed E-state index contributed by atoms with van der Waals surface area (Å²) in [6.45, 7) is 3.63. The van der Waals surface area contributed by atoms with E-state index in [-0.39, 0.29) is 0 Å². The van der Waals surface area contributed by atoms with Crippen molar-refractivity contribution in [2.24, 2.45) is 0 Å². The monoisotopic (exact) mass is 205 g/mol. The van der Waals surface area contributed by atoms with Crippen molar-refractivity contribution in [3.05, 3.63) is 21.8 Å². The molecule has 0 spiro atoms. The van der Waals surface area contributed by atoms with Crippen LogP contribution in [0.1, 0.15) is 16.5 Å². The summed E-state index contributed by atoms with van der Waals surface area (Å²) in [6, 6.07) is 1.96. The van der Waals surface area contributed by atoms with Gasteiger partial charge in [0.25, 0.3) is 0 Å². The molecule has 0 aliphatic heterocycles. The van der Waals surface area contributed by atoms with Crippen LogP contribution in [0.4, 0.5) is 0 Å². The van der Waals surface area contributed by atoms with Gasteiger partial charge in [0, 0.05) is 5.38 Å². The minimum atomic E-state index is 0.325. The molecule has 2 aromatic rings. The van der Waals surface area contributed by atoms with Gasteiger partial charge in [-0.1, -0.05) is 0 Å². The first-order valence-electron chi connectivity index (χ1n) is 4.00. The number of thiazole rings is 1. The zero-order valence-electron chi connectivity index (χ0n) is 7.74. The van der Waals surface area contributed by atoms with Gasteiger partial charge in [0.2, 0.25) is 5.89 Å². The van der Waals surface area contributed by atoms with Crippen LogP contribution in [0.5, 0.6) is 0 Å². The molecule has 0 saturated carbocycles. The van der Waals surface area contributed by atoms with E-state index in [1.165, 1.54) is 11.3 Å². The molecular weight excluding hydrogens is 198 g/mol. The van der Waals surface area contributed by atoms with Crippen LogP contribution >= 0.6 is 11.3 Å². The summed E-state index contributed by atoms with van der Waals surface area (Å²) >= 11 is 1.53. The molecule has 0 saturated heterocycles. The molecule has 2 rings (SSSR count). The molecule has 4 nitrogen and oxygen atoms in total. The number of aryl methyl sites for hydroxylation is 2. The van der Waals surface area contributed by atoms with Crippen LogP contribution in [0.15, 0.2) is 9.80 Å². The largest absolute Gasteiger partial charge is 0.439 e. The van der Waals surface area contributed by atoms with E-state index in [0.717, 1.165) is 5.01 Å². The summed E-state index contributed by atoms with van der Waals surface area (Å²) in [6.07, 6.45) is 0. The normalized spacial score (nSPS) is 10.1. The number of nitriles is 1. The van der Waals surface area contributed by atoms with Gasteiger partial charge in [0.15, 0.2) is 5.69 Å². The van der Waals surface area contributed by atoms with Crippen molar-refractivity contribution in [3.8, 4) is 17.7 Å². The molecule has 0 amide bonds. The highest BCUT2D eigenvalue weighted by atomic mass is 32.1. The molecule has 0 radical (unpaired) electrons. The van der Waals surface area contributed by atoms with Gasteiger partial charge in [-0.15, -0.1) is 11.3 Å². The lowest BCUT2D eigenvalue weighted by atomic mass is 10.4. The lowest BCUT2D eigenvalue weighted by Crippen LogP contribution is -1.78. The third kappa shape index (κ3) is 1.40. The first kappa shape index (κ1) is 8.91. The molecule has 14 heavy (non-hydrogen) atoms. The maximum Gasteiger partial charge on any atom is 0.247 e. The fourth-order valence-electron chi connectivity index (χ4n) is 1.07. The Balaban J connectivity index is 2.48. The zero-order chi connectivity index (χ0) is 10.1. The van der Waals surface area contributed by atoms with Gasteiger partial charge in [-0.3, -0.25) is 0 Å². The van der Waals surface area contributed by atoms with Crippen molar-refractivity contribution >= 4 is 11.3 Å². The molecule has 2 aromatic heterocycles. The lowest BCUT2D eigenvalue weighted by Gasteiger charge is -1.84. The highest BCUT2D eigenvalue weighted by molar-refractivity contribution is 7.09. The number of nitrogens with zero attached hydrogens (tertiary/aromatic N) is 3. The van der Waals surface area contributed by atoms with Crippen LogP contribution in [0.25, 0.3) is 11.6 Å². The second kappa shape index (κ2) is 3.24. The Morgan fingerprint density at radius 3 is 2.71 bits per heavy atom. The van der Waals surface area contributed by atoms with E-state index in [4.69, 9.17) is 9.68 Å². The van der Waals surface area contributed by atoms with Gasteiger partial charge in [-0.2, -0.15) is 10.2 Å². The summed E-state index contributed by atoms with van der Waals surface area (Å²) < 4.78 is 5.32. The molecule has 0 unspecified atom stereocenters. The first-order chi connectivity index (χ1) is 6.70. The van der Waals surface area contributed by atoms with Crippen LogP contribution in [0.3, 0.4) is 0 Å². The fourth-order valence-corrected chi connectivity index (χ4v) is 1.66. The van der Waals surface area contributed by atoms with Crippen LogP contribution in [0, 0.1) is 25.2 Å². The second-order valence-corrected chi connectivity index (χ2v) is 3.85. The van der Waals surface area contributed by atoms with Crippen LogP contribution in [0.2, 0.25) is 0 Å². The Bertz CT molecular complexity index is 506. The van der Waals surface area contributed by atoms with Crippen molar-refractivity contribution in [1.29, 1.82) is 5.26 Å². The third-order valence-corrected chi connectivity index (χ3v) is 2.51. The van der Waals surface area contributed by atoms with E-state index in [2.05, 4.69) is 9.97 Å². The smallest absolute Gasteiger partial charge is 0.247 e. The van der Waals surface area contributed by atoms with Crippen molar-refractivity contribution in [3.63, 3.8) is 0 Å². The Hall–Kier alpha value is -1.67. The molecule has 0 aromatic carbocycles. The number of oxazole rings is 1. The predicted molar refractivity (Wildman–Crippen MR) is 51.8 cm³/mol. The molecule has 5 heteroatoms. The summed E-state index contributed by atoms with van der Waals surface area (Å²) in [5, 5.41) is 11.5. The van der Waals surface area contributed by atoms with Crippen molar-refractivity contribution in [2.75, 3.05) is 0 Å². The highest BCUT2D eigenvalue weighted by Crippen LogP contribution is 2.22. The maximum atomic E-state index is 8.69. The summed E-state index contributed by atoms with van der Waals surface area (Å²) in [7, 11) is 0. The van der Waals surface area contributed by atoms with Crippen LogP contribution < -0.4 is 0 Å². The van der Waals surface area contributed by atoms with Gasteiger partial charge in [0.1, 0.15) is 17.5 Å². The number of hydrogen-bond acceptors (Lipinski definition) is 5. The molecule has 0 fully saturated rings. The molecule has 2 heterocycles. The quantitative estimate of drug-likeness (QED) is 0.716. The lowest BCUT2D eigenvalue weighted by molar-refractivity contribution is 0.540. The van der Waals surface area contributed by atoms with Gasteiger partial charge in [-0.25, -0.2) is 4.98 Å². The van der Waals surface area contributed by atoms with Gasteiger partial charge >= 0.3 is 0 Å². The summed E-state index contributed by atoms with van der Waals surface area (Å²) in [5.41, 5.74) is 1.02. The maximum absolute atomic E-state index is 8.69. The standard InChI is InChI=1S/C9H7N3OS/c1-5-7(3-10)12-9(13-5)8-4-14-6(2)11-8/h4H,1-2H3. The van der Waals surface area contributed by atoms with E-state index in [9.17, 15) is 0 Å². The molecule has 0 N–H and O–H groups in total. The average Bonchev–Trinajstić information content (AvgIpc) is 2.71. The highest BCUT2D eigenvalue weighted by Gasteiger charge is 2.12. The molecule has 0 atom stereocenters. The van der Waals surface area contributed by atoms with Crippen molar-refractivity contribution in [2.45, 2.75) is 13.8 Å². The zero-order valence-corrected chi connectivity index (χ0v) is 8.55. The number of rotatable bonds is 1. The predicted octanol–water partition coefficient (Wildman–Crippen LogP) is 2.29. The van der Waals surface area contributed by atoms with Crippen molar-refractivity contribution in [1.82, 2.24) is 9.97 Å². The van der Waals surface area contributed by atoms with E-state index < -0.39 is 0 Å². The number of hydrogen-bond donors (Lipinski definition) is 0. The fraction of sp³-hybridized carbons (Fsp3) is 0.222. The summed E-state index contributed by atoms with van der Waals surface area (Å²) in [5.74, 6) is 0.955. The first-order valence-corrected chi connectivity index (χ1v) is 4.88. The SMILES string of the molecule is Cc1nc(-c2nc(C#N)c(C)o2)cs1. The van der Waals surface area contributed by atoms with Gasteiger partial charge < -0.3 is 4.42 Å². The average molecular weight is 205 g/mol. The van der Waals surface area contributed by atoms with E-state index in [0.29, 0.717) is 23.0 Å².